The Morgan fingerprint density at radius 2 is 1.87 bits per heavy atom. The van der Waals surface area contributed by atoms with Gasteiger partial charge < -0.3 is 20.0 Å². The van der Waals surface area contributed by atoms with Crippen LogP contribution in [0.15, 0.2) is 41.6 Å². The maximum Gasteiger partial charge on any atom is 1.00 e. The number of β-lactam (4-membered cyclic amide) rings is 1. The Bertz CT molecular complexity index is 1020. The molecular weight excluding hydrogens is 427 g/mol. The molecule has 12 heteroatoms. The molecule has 1 saturated heterocycles. The zero-order valence-electron chi connectivity index (χ0n) is 16.3. The predicted octanol–water partition coefficient (Wildman–Crippen LogP) is -5.12. The van der Waals surface area contributed by atoms with E-state index in [-0.39, 0.29) is 41.6 Å². The molecule has 1 aromatic carbocycles. The molecular formula is C18H17N2NaO8S. The molecule has 2 amide bonds. The predicted molar refractivity (Wildman–Crippen MR) is 95.2 cm³/mol. The number of rotatable bonds is 6. The molecule has 0 radical (unpaired) electrons. The van der Waals surface area contributed by atoms with E-state index < -0.39 is 63.1 Å². The van der Waals surface area contributed by atoms with E-state index in [4.69, 9.17) is 4.74 Å². The van der Waals surface area contributed by atoms with Gasteiger partial charge in [0.15, 0.2) is 15.2 Å². The molecule has 30 heavy (non-hydrogen) atoms. The Morgan fingerprint density at radius 1 is 1.23 bits per heavy atom. The third-order valence-corrected chi connectivity index (χ3v) is 6.50. The number of hydrogen-bond acceptors (Lipinski definition) is 8. The number of aliphatic carboxylic acids is 1. The van der Waals surface area contributed by atoms with Crippen molar-refractivity contribution in [3.8, 4) is 0 Å². The largest absolute Gasteiger partial charge is 1.00 e. The minimum absolute atomic E-state index is 0. The first kappa shape index (κ1) is 24.1. The summed E-state index contributed by atoms with van der Waals surface area (Å²) in [5.41, 5.74) is -0.248. The molecule has 0 unspecified atom stereocenters. The summed E-state index contributed by atoms with van der Waals surface area (Å²) in [6.45, 7) is 0.478. The van der Waals surface area contributed by atoms with Gasteiger partial charge in [0.25, 0.3) is 5.91 Å². The fraction of sp³-hybridized carbons (Fsp3) is 0.333. The van der Waals surface area contributed by atoms with Gasteiger partial charge in [0.2, 0.25) is 5.91 Å². The number of benzene rings is 1. The van der Waals surface area contributed by atoms with E-state index in [1.54, 1.807) is 30.3 Å². The van der Waals surface area contributed by atoms with Crippen LogP contribution in [0.25, 0.3) is 0 Å². The number of hydrogen-bond donors (Lipinski definition) is 1. The number of carboxylic acid groups (broad SMARTS) is 1. The molecule has 0 bridgehead atoms. The molecule has 3 rings (SSSR count). The second kappa shape index (κ2) is 9.29. The number of carbonyl (C=O) groups excluding carboxylic acids is 4. The molecule has 2 heterocycles. The summed E-state index contributed by atoms with van der Waals surface area (Å²) in [6, 6.07) is 7.22. The molecule has 2 aliphatic heterocycles. The second-order valence-corrected chi connectivity index (χ2v) is 8.73. The SMILES string of the molecule is CC(=O)OCC1=C(C(=O)[O-])N2C(=O)[C@H](NC(=O)Cc3ccccc3)[C@@H]2S(=O)(=O)C1.[Na+]. The summed E-state index contributed by atoms with van der Waals surface area (Å²) in [5.74, 6) is -4.71. The molecule has 1 N–H and O–H groups in total. The first-order chi connectivity index (χ1) is 13.6. The molecule has 1 fully saturated rings. The van der Waals surface area contributed by atoms with Crippen LogP contribution < -0.4 is 40.0 Å². The van der Waals surface area contributed by atoms with E-state index >= 15 is 0 Å². The number of carbonyl (C=O) groups is 4. The number of fused-ring (bicyclic) bond motifs is 1. The summed E-state index contributed by atoms with van der Waals surface area (Å²) in [7, 11) is -4.04. The first-order valence-corrected chi connectivity index (χ1v) is 10.3. The van der Waals surface area contributed by atoms with E-state index in [1.807, 2.05) is 0 Å². The minimum Gasteiger partial charge on any atom is -0.543 e. The normalized spacial score (nSPS) is 21.6. The molecule has 2 atom stereocenters. The topological polar surface area (TPSA) is 150 Å². The number of ether oxygens (including phenoxy) is 1. The van der Waals surface area contributed by atoms with Crippen molar-refractivity contribution in [1.29, 1.82) is 0 Å². The van der Waals surface area contributed by atoms with Gasteiger partial charge in [0.05, 0.1) is 23.8 Å². The number of nitrogens with one attached hydrogen (secondary N) is 1. The van der Waals surface area contributed by atoms with E-state index in [0.717, 1.165) is 6.92 Å². The molecule has 1 aromatic rings. The Kier molecular flexibility index (Phi) is 7.45. The van der Waals surface area contributed by atoms with Crippen LogP contribution in [0.5, 0.6) is 0 Å². The second-order valence-electron chi connectivity index (χ2n) is 6.63. The minimum atomic E-state index is -4.04. The van der Waals surface area contributed by atoms with Gasteiger partial charge in [0, 0.05) is 12.5 Å². The van der Waals surface area contributed by atoms with Crippen molar-refractivity contribution in [3.63, 3.8) is 0 Å². The van der Waals surface area contributed by atoms with E-state index in [0.29, 0.717) is 10.5 Å². The third-order valence-electron chi connectivity index (χ3n) is 4.53. The number of esters is 1. The molecule has 154 valence electrons. The van der Waals surface area contributed by atoms with Gasteiger partial charge in [-0.25, -0.2) is 8.42 Å². The van der Waals surface area contributed by atoms with Crippen LogP contribution in [0.3, 0.4) is 0 Å². The zero-order chi connectivity index (χ0) is 21.3. The Hall–Kier alpha value is -2.21. The number of carboxylic acids is 1. The molecule has 0 spiro atoms. The number of amides is 2. The maximum atomic E-state index is 12.6. The van der Waals surface area contributed by atoms with Crippen LogP contribution in [-0.2, 0) is 40.2 Å². The van der Waals surface area contributed by atoms with E-state index in [1.165, 1.54) is 0 Å². The van der Waals surface area contributed by atoms with Crippen LogP contribution in [0.4, 0.5) is 0 Å². The number of sulfone groups is 1. The van der Waals surface area contributed by atoms with Crippen LogP contribution in [0, 0.1) is 0 Å². The monoisotopic (exact) mass is 444 g/mol. The molecule has 0 aromatic heterocycles. The average Bonchev–Trinajstić information content (AvgIpc) is 2.64. The first-order valence-electron chi connectivity index (χ1n) is 8.56. The maximum absolute atomic E-state index is 12.6. The van der Waals surface area contributed by atoms with Crippen molar-refractivity contribution in [2.24, 2.45) is 0 Å². The van der Waals surface area contributed by atoms with Crippen molar-refractivity contribution >= 4 is 33.6 Å². The quantitative estimate of drug-likeness (QED) is 0.260. The van der Waals surface area contributed by atoms with Crippen molar-refractivity contribution < 1.29 is 67.0 Å². The van der Waals surface area contributed by atoms with Crippen molar-refractivity contribution in [3.05, 3.63) is 47.2 Å². The summed E-state index contributed by atoms with van der Waals surface area (Å²) >= 11 is 0. The van der Waals surface area contributed by atoms with Crippen LogP contribution in [-0.4, -0.2) is 60.8 Å². The van der Waals surface area contributed by atoms with Gasteiger partial charge in [-0.2, -0.15) is 0 Å². The third kappa shape index (κ3) is 4.75. The van der Waals surface area contributed by atoms with Gasteiger partial charge in [0.1, 0.15) is 12.6 Å². The smallest absolute Gasteiger partial charge is 0.543 e. The van der Waals surface area contributed by atoms with Crippen molar-refractivity contribution in [2.45, 2.75) is 24.8 Å². The molecule has 0 aliphatic carbocycles. The fourth-order valence-corrected chi connectivity index (χ4v) is 5.32. The molecule has 0 saturated carbocycles. The zero-order valence-corrected chi connectivity index (χ0v) is 19.1. The van der Waals surface area contributed by atoms with Gasteiger partial charge >= 0.3 is 35.5 Å². The van der Waals surface area contributed by atoms with Crippen molar-refractivity contribution in [2.75, 3.05) is 12.4 Å². The summed E-state index contributed by atoms with van der Waals surface area (Å²) in [6.07, 6.45) is -0.0712. The number of nitrogens with zero attached hydrogens (tertiary/aromatic N) is 1. The molecule has 2 aliphatic rings. The van der Waals surface area contributed by atoms with Crippen LogP contribution in [0.2, 0.25) is 0 Å². The molecule has 10 nitrogen and oxygen atoms in total. The van der Waals surface area contributed by atoms with Gasteiger partial charge in [-0.05, 0) is 5.56 Å². The Labute approximate surface area is 194 Å². The van der Waals surface area contributed by atoms with Gasteiger partial charge in [-0.1, -0.05) is 30.3 Å². The van der Waals surface area contributed by atoms with E-state index in [9.17, 15) is 32.7 Å². The van der Waals surface area contributed by atoms with Gasteiger partial charge in [-0.15, -0.1) is 0 Å². The summed E-state index contributed by atoms with van der Waals surface area (Å²) in [4.78, 5) is 47.8. The summed E-state index contributed by atoms with van der Waals surface area (Å²) in [5, 5.41) is 12.4. The standard InChI is InChI=1S/C18H18N2O8S.Na/c1-10(21)28-8-12-9-29(26,27)17-14(16(23)20(17)15(12)18(24)25)19-13(22)7-11-5-3-2-4-6-11;/h2-6,14,17H,7-9H2,1H3,(H,19,22)(H,24,25);/q;+1/p-1/t14-,17-;/m0./s1. The Morgan fingerprint density at radius 3 is 2.43 bits per heavy atom. The van der Waals surface area contributed by atoms with Gasteiger partial charge in [-0.3, -0.25) is 19.3 Å². The van der Waals surface area contributed by atoms with E-state index in [2.05, 4.69) is 5.32 Å². The average molecular weight is 444 g/mol. The fourth-order valence-electron chi connectivity index (χ4n) is 3.32. The Balaban J connectivity index is 0.00000320. The van der Waals surface area contributed by atoms with Crippen molar-refractivity contribution in [1.82, 2.24) is 10.2 Å². The summed E-state index contributed by atoms with van der Waals surface area (Å²) < 4.78 is 30.0. The van der Waals surface area contributed by atoms with Crippen LogP contribution in [0.1, 0.15) is 12.5 Å². The van der Waals surface area contributed by atoms with Crippen LogP contribution >= 0.6 is 0 Å².